The van der Waals surface area contributed by atoms with Gasteiger partial charge in [-0.1, -0.05) is 6.07 Å². The fourth-order valence-electron chi connectivity index (χ4n) is 1.28. The van der Waals surface area contributed by atoms with Crippen LogP contribution in [0, 0.1) is 6.92 Å². The Hall–Kier alpha value is -1.60. The topological polar surface area (TPSA) is 89.9 Å². The first kappa shape index (κ1) is 14.5. The van der Waals surface area contributed by atoms with Gasteiger partial charge in [-0.2, -0.15) is 8.42 Å². The average Bonchev–Trinajstić information content (AvgIpc) is 2.26. The van der Waals surface area contributed by atoms with Crippen LogP contribution >= 0.6 is 0 Å². The Morgan fingerprint density at radius 2 is 2.06 bits per heavy atom. The highest BCUT2D eigenvalue weighted by Crippen LogP contribution is 2.20. The average molecular weight is 274 g/mol. The van der Waals surface area contributed by atoms with Crippen molar-refractivity contribution in [2.45, 2.75) is 6.92 Å². The molecule has 0 fully saturated rings. The number of esters is 1. The first-order chi connectivity index (χ1) is 8.33. The first-order valence-corrected chi connectivity index (χ1v) is 6.71. The van der Waals surface area contributed by atoms with Crippen molar-refractivity contribution in [3.63, 3.8) is 0 Å². The van der Waals surface area contributed by atoms with Gasteiger partial charge >= 0.3 is 5.97 Å². The molecule has 0 aliphatic carbocycles. The maximum atomic E-state index is 11.6. The van der Waals surface area contributed by atoms with Crippen molar-refractivity contribution in [1.82, 2.24) is 0 Å². The van der Waals surface area contributed by atoms with Crippen LogP contribution in [0.3, 0.4) is 0 Å². The molecule has 0 radical (unpaired) electrons. The van der Waals surface area contributed by atoms with E-state index in [9.17, 15) is 13.2 Å². The molecule has 0 atom stereocenters. The van der Waals surface area contributed by atoms with E-state index in [1.54, 1.807) is 12.1 Å². The summed E-state index contributed by atoms with van der Waals surface area (Å²) >= 11 is 0. The van der Waals surface area contributed by atoms with Crippen molar-refractivity contribution in [3.05, 3.63) is 29.3 Å². The molecule has 0 spiro atoms. The second-order valence-electron chi connectivity index (χ2n) is 3.63. The summed E-state index contributed by atoms with van der Waals surface area (Å²) in [6.45, 7) is 1.44. The number of hydrogen-bond donors (Lipinski definition) is 1. The summed E-state index contributed by atoms with van der Waals surface area (Å²) in [6, 6.07) is 4.91. The molecule has 0 amide bonds. The maximum absolute atomic E-state index is 11.6. The normalized spacial score (nSPS) is 11.1. The molecule has 1 aromatic rings. The summed E-state index contributed by atoms with van der Waals surface area (Å²) in [7, 11) is -2.71. The second-order valence-corrected chi connectivity index (χ2v) is 5.20. The van der Waals surface area contributed by atoms with Crippen LogP contribution in [-0.4, -0.2) is 38.4 Å². The molecule has 7 heteroatoms. The van der Waals surface area contributed by atoms with E-state index in [0.717, 1.165) is 5.56 Å². The van der Waals surface area contributed by atoms with E-state index < -0.39 is 28.4 Å². The van der Waals surface area contributed by atoms with Gasteiger partial charge in [0.25, 0.3) is 10.1 Å². The van der Waals surface area contributed by atoms with Gasteiger partial charge in [0, 0.05) is 0 Å². The number of aryl methyl sites for hydroxylation is 1. The maximum Gasteiger partial charge on any atom is 0.341 e. The minimum atomic E-state index is -4.13. The lowest BCUT2D eigenvalue weighted by molar-refractivity contribution is 0.0524. The van der Waals surface area contributed by atoms with Gasteiger partial charge < -0.3 is 9.47 Å². The lowest BCUT2D eigenvalue weighted by Crippen LogP contribution is -2.15. The van der Waals surface area contributed by atoms with E-state index in [-0.39, 0.29) is 5.56 Å². The van der Waals surface area contributed by atoms with Crippen LogP contribution in [0.15, 0.2) is 18.2 Å². The van der Waals surface area contributed by atoms with Crippen molar-refractivity contribution in [3.8, 4) is 5.75 Å². The molecule has 1 aromatic carbocycles. The molecule has 0 heterocycles. The predicted molar refractivity (Wildman–Crippen MR) is 64.4 cm³/mol. The van der Waals surface area contributed by atoms with Gasteiger partial charge in [0.1, 0.15) is 23.7 Å². The second kappa shape index (κ2) is 5.83. The van der Waals surface area contributed by atoms with Gasteiger partial charge in [0.05, 0.1) is 7.11 Å². The minimum absolute atomic E-state index is 0.207. The van der Waals surface area contributed by atoms with Gasteiger partial charge in [0.15, 0.2) is 0 Å². The zero-order valence-electron chi connectivity index (χ0n) is 10.0. The molecule has 1 N–H and O–H groups in total. The van der Waals surface area contributed by atoms with Crippen LogP contribution in [0.25, 0.3) is 0 Å². The lowest BCUT2D eigenvalue weighted by atomic mass is 10.1. The van der Waals surface area contributed by atoms with Crippen molar-refractivity contribution < 1.29 is 27.2 Å². The third kappa shape index (κ3) is 4.34. The van der Waals surface area contributed by atoms with Crippen molar-refractivity contribution >= 4 is 16.1 Å². The van der Waals surface area contributed by atoms with Gasteiger partial charge in [-0.25, -0.2) is 4.79 Å². The lowest BCUT2D eigenvalue weighted by Gasteiger charge is -2.09. The summed E-state index contributed by atoms with van der Waals surface area (Å²) in [5, 5.41) is 0. The minimum Gasteiger partial charge on any atom is -0.496 e. The highest BCUT2D eigenvalue weighted by molar-refractivity contribution is 7.85. The van der Waals surface area contributed by atoms with E-state index in [2.05, 4.69) is 0 Å². The smallest absolute Gasteiger partial charge is 0.341 e. The predicted octanol–water partition coefficient (Wildman–Crippen LogP) is 1.05. The largest absolute Gasteiger partial charge is 0.496 e. The summed E-state index contributed by atoms with van der Waals surface area (Å²) in [4.78, 5) is 11.6. The van der Waals surface area contributed by atoms with Crippen LogP contribution in [0.1, 0.15) is 15.9 Å². The number of carbonyl (C=O) groups excluding carboxylic acids is 1. The molecular formula is C11H14O6S. The van der Waals surface area contributed by atoms with E-state index in [0.29, 0.717) is 5.75 Å². The molecule has 0 aliphatic heterocycles. The molecular weight excluding hydrogens is 260 g/mol. The number of carbonyl (C=O) groups is 1. The summed E-state index contributed by atoms with van der Waals surface area (Å²) in [5.41, 5.74) is 1.12. The molecule has 0 saturated heterocycles. The molecule has 0 aliphatic rings. The molecule has 18 heavy (non-hydrogen) atoms. The number of rotatable bonds is 5. The zero-order valence-corrected chi connectivity index (χ0v) is 10.9. The Morgan fingerprint density at radius 1 is 1.39 bits per heavy atom. The third-order valence-electron chi connectivity index (χ3n) is 2.15. The van der Waals surface area contributed by atoms with Gasteiger partial charge in [0.2, 0.25) is 0 Å². The standard InChI is InChI=1S/C11H14O6S/c1-8-3-4-9(10(7-8)16-2)11(12)17-5-6-18(13,14)15/h3-4,7H,5-6H2,1-2H3,(H,13,14,15). The monoisotopic (exact) mass is 274 g/mol. The Labute approximate surface area is 105 Å². The zero-order chi connectivity index (χ0) is 13.8. The highest BCUT2D eigenvalue weighted by Gasteiger charge is 2.15. The summed E-state index contributed by atoms with van der Waals surface area (Å²) < 4.78 is 39.2. The molecule has 0 bridgehead atoms. The summed E-state index contributed by atoms with van der Waals surface area (Å²) in [6.07, 6.45) is 0. The van der Waals surface area contributed by atoms with Gasteiger partial charge in [-0.05, 0) is 24.6 Å². The van der Waals surface area contributed by atoms with E-state index in [1.807, 2.05) is 6.92 Å². The van der Waals surface area contributed by atoms with E-state index in [1.165, 1.54) is 13.2 Å². The quantitative estimate of drug-likeness (QED) is 0.637. The molecule has 6 nitrogen and oxygen atoms in total. The molecule has 0 saturated carbocycles. The Morgan fingerprint density at radius 3 is 2.61 bits per heavy atom. The van der Waals surface area contributed by atoms with E-state index >= 15 is 0 Å². The Kier molecular flexibility index (Phi) is 4.69. The van der Waals surface area contributed by atoms with Crippen LogP contribution in [0.4, 0.5) is 0 Å². The molecule has 100 valence electrons. The van der Waals surface area contributed by atoms with Crippen molar-refractivity contribution in [2.24, 2.45) is 0 Å². The van der Waals surface area contributed by atoms with Crippen LogP contribution in [-0.2, 0) is 14.9 Å². The van der Waals surface area contributed by atoms with Gasteiger partial charge in [-0.15, -0.1) is 0 Å². The van der Waals surface area contributed by atoms with Crippen LogP contribution in [0.5, 0.6) is 5.75 Å². The molecule has 1 rings (SSSR count). The van der Waals surface area contributed by atoms with Crippen molar-refractivity contribution in [1.29, 1.82) is 0 Å². The third-order valence-corrected chi connectivity index (χ3v) is 2.83. The van der Waals surface area contributed by atoms with E-state index in [4.69, 9.17) is 14.0 Å². The summed E-state index contributed by atoms with van der Waals surface area (Å²) in [5.74, 6) is -0.977. The van der Waals surface area contributed by atoms with Crippen LogP contribution < -0.4 is 4.74 Å². The number of ether oxygens (including phenoxy) is 2. The number of hydrogen-bond acceptors (Lipinski definition) is 5. The fraction of sp³-hybridized carbons (Fsp3) is 0.364. The SMILES string of the molecule is COc1cc(C)ccc1C(=O)OCCS(=O)(=O)O. The van der Waals surface area contributed by atoms with Crippen LogP contribution in [0.2, 0.25) is 0 Å². The van der Waals surface area contributed by atoms with Crippen molar-refractivity contribution in [2.75, 3.05) is 19.5 Å². The van der Waals surface area contributed by atoms with Gasteiger partial charge in [-0.3, -0.25) is 4.55 Å². The molecule has 0 aromatic heterocycles. The molecule has 0 unspecified atom stereocenters. The Balaban J connectivity index is 2.73. The number of methoxy groups -OCH3 is 1. The fourth-order valence-corrected chi connectivity index (χ4v) is 1.58. The number of benzene rings is 1. The first-order valence-electron chi connectivity index (χ1n) is 5.10. The highest BCUT2D eigenvalue weighted by atomic mass is 32.2. The Bertz CT molecular complexity index is 534.